The summed E-state index contributed by atoms with van der Waals surface area (Å²) in [6, 6.07) is 6.55. The molecule has 0 aliphatic heterocycles. The standard InChI is InChI=1S/C12H15F2NO.ClH/c13-12(14)16-11-4-2-1-3-9(11)10(15)7-8-5-6-8;/h1-4,8,10,12H,5-7,15H2;1H/t10-;/m0./s1. The van der Waals surface area contributed by atoms with Crippen LogP contribution in [0.15, 0.2) is 24.3 Å². The van der Waals surface area contributed by atoms with Gasteiger partial charge < -0.3 is 10.5 Å². The molecular formula is C12H16ClF2NO. The summed E-state index contributed by atoms with van der Waals surface area (Å²) < 4.78 is 28.8. The molecule has 0 saturated heterocycles. The van der Waals surface area contributed by atoms with Gasteiger partial charge in [-0.05, 0) is 18.4 Å². The van der Waals surface area contributed by atoms with Crippen molar-refractivity contribution >= 4 is 12.4 Å². The zero-order chi connectivity index (χ0) is 11.5. The lowest BCUT2D eigenvalue weighted by Crippen LogP contribution is -2.14. The van der Waals surface area contributed by atoms with Crippen molar-refractivity contribution in [3.05, 3.63) is 29.8 Å². The minimum Gasteiger partial charge on any atom is -0.434 e. The van der Waals surface area contributed by atoms with Crippen LogP contribution in [0, 0.1) is 5.92 Å². The van der Waals surface area contributed by atoms with Crippen molar-refractivity contribution in [2.24, 2.45) is 11.7 Å². The topological polar surface area (TPSA) is 35.2 Å². The maximum atomic E-state index is 12.2. The second kappa shape index (κ2) is 6.17. The van der Waals surface area contributed by atoms with Gasteiger partial charge in [0.15, 0.2) is 0 Å². The second-order valence-corrected chi connectivity index (χ2v) is 4.20. The molecule has 1 atom stereocenters. The van der Waals surface area contributed by atoms with Gasteiger partial charge in [-0.2, -0.15) is 8.78 Å². The van der Waals surface area contributed by atoms with Crippen LogP contribution >= 0.6 is 12.4 Å². The van der Waals surface area contributed by atoms with Crippen molar-refractivity contribution in [2.45, 2.75) is 31.9 Å². The van der Waals surface area contributed by atoms with Gasteiger partial charge in [0.1, 0.15) is 5.75 Å². The Morgan fingerprint density at radius 3 is 2.53 bits per heavy atom. The van der Waals surface area contributed by atoms with Crippen molar-refractivity contribution in [3.63, 3.8) is 0 Å². The van der Waals surface area contributed by atoms with Gasteiger partial charge in [-0.15, -0.1) is 12.4 Å². The molecule has 17 heavy (non-hydrogen) atoms. The van der Waals surface area contributed by atoms with Crippen LogP contribution in [-0.4, -0.2) is 6.61 Å². The van der Waals surface area contributed by atoms with Crippen LogP contribution in [0.4, 0.5) is 8.78 Å². The number of hydrogen-bond donors (Lipinski definition) is 1. The van der Waals surface area contributed by atoms with Crippen LogP contribution in [0.25, 0.3) is 0 Å². The summed E-state index contributed by atoms with van der Waals surface area (Å²) in [5.41, 5.74) is 6.66. The number of alkyl halides is 2. The van der Waals surface area contributed by atoms with Crippen LogP contribution in [0.5, 0.6) is 5.75 Å². The van der Waals surface area contributed by atoms with Crippen molar-refractivity contribution in [1.82, 2.24) is 0 Å². The highest BCUT2D eigenvalue weighted by Crippen LogP contribution is 2.38. The number of hydrogen-bond acceptors (Lipinski definition) is 2. The SMILES string of the molecule is Cl.N[C@@H](CC1CC1)c1ccccc1OC(F)F. The van der Waals surface area contributed by atoms with E-state index in [1.165, 1.54) is 18.9 Å². The van der Waals surface area contributed by atoms with Crippen LogP contribution in [0.3, 0.4) is 0 Å². The number of ether oxygens (including phenoxy) is 1. The van der Waals surface area contributed by atoms with Crippen LogP contribution < -0.4 is 10.5 Å². The number of benzene rings is 1. The summed E-state index contributed by atoms with van der Waals surface area (Å²) in [4.78, 5) is 0. The van der Waals surface area contributed by atoms with E-state index in [1.54, 1.807) is 18.2 Å². The molecule has 0 bridgehead atoms. The van der Waals surface area contributed by atoms with E-state index < -0.39 is 6.61 Å². The van der Waals surface area contributed by atoms with E-state index in [4.69, 9.17) is 5.73 Å². The highest BCUT2D eigenvalue weighted by atomic mass is 35.5. The molecule has 1 fully saturated rings. The maximum absolute atomic E-state index is 12.2. The first-order chi connectivity index (χ1) is 7.66. The molecule has 1 aromatic rings. The third-order valence-corrected chi connectivity index (χ3v) is 2.82. The van der Waals surface area contributed by atoms with E-state index in [-0.39, 0.29) is 24.2 Å². The third-order valence-electron chi connectivity index (χ3n) is 2.82. The molecule has 0 aromatic heterocycles. The monoisotopic (exact) mass is 263 g/mol. The molecule has 1 aliphatic carbocycles. The summed E-state index contributed by atoms with van der Waals surface area (Å²) in [6.07, 6.45) is 3.25. The van der Waals surface area contributed by atoms with Crippen molar-refractivity contribution < 1.29 is 13.5 Å². The van der Waals surface area contributed by atoms with Crippen molar-refractivity contribution in [2.75, 3.05) is 0 Å². The normalized spacial score (nSPS) is 16.5. The fraction of sp³-hybridized carbons (Fsp3) is 0.500. The molecule has 5 heteroatoms. The lowest BCUT2D eigenvalue weighted by molar-refractivity contribution is -0.0506. The molecule has 1 aliphatic rings. The molecule has 0 unspecified atom stereocenters. The Kier molecular flexibility index (Phi) is 5.15. The van der Waals surface area contributed by atoms with E-state index in [2.05, 4.69) is 4.74 Å². The van der Waals surface area contributed by atoms with Crippen LogP contribution in [-0.2, 0) is 0 Å². The lowest BCUT2D eigenvalue weighted by Gasteiger charge is -2.16. The van der Waals surface area contributed by atoms with Crippen LogP contribution in [0.1, 0.15) is 30.9 Å². The maximum Gasteiger partial charge on any atom is 0.387 e. The van der Waals surface area contributed by atoms with Gasteiger partial charge in [-0.3, -0.25) is 0 Å². The minimum absolute atomic E-state index is 0. The Balaban J connectivity index is 0.00000144. The summed E-state index contributed by atoms with van der Waals surface area (Å²) in [7, 11) is 0. The molecule has 0 heterocycles. The summed E-state index contributed by atoms with van der Waals surface area (Å²) in [5, 5.41) is 0. The second-order valence-electron chi connectivity index (χ2n) is 4.20. The highest BCUT2D eigenvalue weighted by molar-refractivity contribution is 5.85. The molecule has 2 nitrogen and oxygen atoms in total. The molecule has 2 N–H and O–H groups in total. The smallest absolute Gasteiger partial charge is 0.387 e. The van der Waals surface area contributed by atoms with Gasteiger partial charge >= 0.3 is 6.61 Å². The molecule has 1 aromatic carbocycles. The van der Waals surface area contributed by atoms with Gasteiger partial charge in [-0.1, -0.05) is 31.0 Å². The van der Waals surface area contributed by atoms with Gasteiger partial charge in [0.25, 0.3) is 0 Å². The Labute approximate surface area is 106 Å². The van der Waals surface area contributed by atoms with E-state index in [9.17, 15) is 8.78 Å². The third kappa shape index (κ3) is 4.13. The Bertz CT molecular complexity index is 358. The molecule has 1 saturated carbocycles. The van der Waals surface area contributed by atoms with Crippen molar-refractivity contribution in [1.29, 1.82) is 0 Å². The predicted molar refractivity (Wildman–Crippen MR) is 64.6 cm³/mol. The van der Waals surface area contributed by atoms with Crippen molar-refractivity contribution in [3.8, 4) is 5.75 Å². The van der Waals surface area contributed by atoms with Gasteiger partial charge in [0, 0.05) is 11.6 Å². The minimum atomic E-state index is -2.80. The largest absolute Gasteiger partial charge is 0.434 e. The number of nitrogens with two attached hydrogens (primary N) is 1. The Morgan fingerprint density at radius 1 is 1.29 bits per heavy atom. The van der Waals surface area contributed by atoms with Gasteiger partial charge in [-0.25, -0.2) is 0 Å². The molecular weight excluding hydrogens is 248 g/mol. The average Bonchev–Trinajstić information content (AvgIpc) is 3.01. The summed E-state index contributed by atoms with van der Waals surface area (Å²) in [6.45, 7) is -2.80. The van der Waals surface area contributed by atoms with E-state index in [0.717, 1.165) is 6.42 Å². The first-order valence-electron chi connectivity index (χ1n) is 5.46. The first-order valence-corrected chi connectivity index (χ1v) is 5.46. The zero-order valence-electron chi connectivity index (χ0n) is 9.31. The Morgan fingerprint density at radius 2 is 1.94 bits per heavy atom. The molecule has 0 spiro atoms. The lowest BCUT2D eigenvalue weighted by atomic mass is 10.0. The quantitative estimate of drug-likeness (QED) is 0.882. The molecule has 0 radical (unpaired) electrons. The summed E-state index contributed by atoms with van der Waals surface area (Å²) >= 11 is 0. The Hall–Kier alpha value is -0.870. The zero-order valence-corrected chi connectivity index (χ0v) is 10.1. The molecule has 0 amide bonds. The van der Waals surface area contributed by atoms with Crippen LogP contribution in [0.2, 0.25) is 0 Å². The van der Waals surface area contributed by atoms with E-state index >= 15 is 0 Å². The fourth-order valence-corrected chi connectivity index (χ4v) is 1.83. The van der Waals surface area contributed by atoms with Gasteiger partial charge in [0.2, 0.25) is 0 Å². The number of rotatable bonds is 5. The fourth-order valence-electron chi connectivity index (χ4n) is 1.83. The molecule has 2 rings (SSSR count). The first kappa shape index (κ1) is 14.2. The average molecular weight is 264 g/mol. The highest BCUT2D eigenvalue weighted by Gasteiger charge is 2.26. The van der Waals surface area contributed by atoms with E-state index in [1.807, 2.05) is 0 Å². The predicted octanol–water partition coefficient (Wildman–Crippen LogP) is 3.51. The summed E-state index contributed by atoms with van der Waals surface area (Å²) in [5.74, 6) is 0.861. The van der Waals surface area contributed by atoms with E-state index in [0.29, 0.717) is 11.5 Å². The van der Waals surface area contributed by atoms with Gasteiger partial charge in [0.05, 0.1) is 0 Å². The number of para-hydroxylation sites is 1. The number of halogens is 3. The molecule has 96 valence electrons.